The lowest BCUT2D eigenvalue weighted by atomic mass is 9.74. The lowest BCUT2D eigenvalue weighted by Crippen LogP contribution is -2.51. The molecule has 0 spiro atoms. The third-order valence-corrected chi connectivity index (χ3v) is 7.83. The van der Waals surface area contributed by atoms with E-state index in [4.69, 9.17) is 4.74 Å². The van der Waals surface area contributed by atoms with E-state index in [1.807, 2.05) is 41.3 Å². The molecule has 174 valence electrons. The zero-order valence-electron chi connectivity index (χ0n) is 19.3. The summed E-state index contributed by atoms with van der Waals surface area (Å²) in [6, 6.07) is 15.2. The van der Waals surface area contributed by atoms with E-state index in [2.05, 4.69) is 6.92 Å². The van der Waals surface area contributed by atoms with Crippen LogP contribution in [0.1, 0.15) is 83.4 Å². The van der Waals surface area contributed by atoms with Gasteiger partial charge in [0.15, 0.2) is 0 Å². The van der Waals surface area contributed by atoms with E-state index in [0.717, 1.165) is 56.2 Å². The van der Waals surface area contributed by atoms with E-state index >= 15 is 0 Å². The van der Waals surface area contributed by atoms with Crippen LogP contribution in [0, 0.1) is 11.8 Å². The molecule has 2 aromatic rings. The van der Waals surface area contributed by atoms with Crippen LogP contribution in [0.2, 0.25) is 0 Å². The highest BCUT2D eigenvalue weighted by molar-refractivity contribution is 5.98. The van der Waals surface area contributed by atoms with Gasteiger partial charge in [-0.05, 0) is 73.8 Å². The van der Waals surface area contributed by atoms with Crippen LogP contribution < -0.4 is 0 Å². The average Bonchev–Trinajstić information content (AvgIpc) is 2.85. The molecule has 3 aliphatic rings. The van der Waals surface area contributed by atoms with Gasteiger partial charge in [-0.15, -0.1) is 0 Å². The van der Waals surface area contributed by atoms with Crippen molar-refractivity contribution < 1.29 is 19.4 Å². The van der Waals surface area contributed by atoms with Gasteiger partial charge in [-0.1, -0.05) is 37.3 Å². The number of aliphatic hydroxyl groups is 1. The van der Waals surface area contributed by atoms with Crippen LogP contribution in [0.3, 0.4) is 0 Å². The van der Waals surface area contributed by atoms with Gasteiger partial charge in [0.25, 0.3) is 5.91 Å². The molecule has 5 unspecified atom stereocenters. The molecule has 5 rings (SSSR count). The molecular formula is C28H33NO4. The highest BCUT2D eigenvalue weighted by Gasteiger charge is 2.39. The lowest BCUT2D eigenvalue weighted by molar-refractivity contribution is -0.0121. The molecule has 2 aliphatic heterocycles. The minimum Gasteiger partial charge on any atom is -0.454 e. The SMILES string of the molecule is CC1CCC(O)C(C2CCCCN2C(=O)c2ccc3c(c2)CC(c2ccccc2)OC3=O)C1. The zero-order valence-corrected chi connectivity index (χ0v) is 19.3. The molecule has 5 heteroatoms. The van der Waals surface area contributed by atoms with Gasteiger partial charge in [0.2, 0.25) is 0 Å². The van der Waals surface area contributed by atoms with Gasteiger partial charge in [0.05, 0.1) is 11.7 Å². The highest BCUT2D eigenvalue weighted by atomic mass is 16.5. The number of aliphatic hydroxyl groups excluding tert-OH is 1. The summed E-state index contributed by atoms with van der Waals surface area (Å²) in [5.41, 5.74) is 3.00. The van der Waals surface area contributed by atoms with Crippen LogP contribution in [0.25, 0.3) is 0 Å². The Morgan fingerprint density at radius 1 is 1.06 bits per heavy atom. The monoisotopic (exact) mass is 447 g/mol. The summed E-state index contributed by atoms with van der Waals surface area (Å²) < 4.78 is 5.67. The topological polar surface area (TPSA) is 66.8 Å². The molecule has 0 bridgehead atoms. The highest BCUT2D eigenvalue weighted by Crippen LogP contribution is 2.38. The van der Waals surface area contributed by atoms with Crippen LogP contribution in [-0.4, -0.2) is 40.6 Å². The number of hydrogen-bond donors (Lipinski definition) is 1. The summed E-state index contributed by atoms with van der Waals surface area (Å²) in [7, 11) is 0. The van der Waals surface area contributed by atoms with Crippen molar-refractivity contribution in [1.29, 1.82) is 0 Å². The van der Waals surface area contributed by atoms with Crippen molar-refractivity contribution in [3.05, 3.63) is 70.8 Å². The largest absolute Gasteiger partial charge is 0.454 e. The molecule has 1 N–H and O–H groups in total. The van der Waals surface area contributed by atoms with Crippen molar-refractivity contribution in [2.24, 2.45) is 11.8 Å². The number of rotatable bonds is 3. The van der Waals surface area contributed by atoms with Crippen LogP contribution in [0.5, 0.6) is 0 Å². The van der Waals surface area contributed by atoms with Gasteiger partial charge in [0, 0.05) is 30.5 Å². The fraction of sp³-hybridized carbons (Fsp3) is 0.500. The molecule has 5 atom stereocenters. The van der Waals surface area contributed by atoms with E-state index in [0.29, 0.717) is 23.5 Å². The number of piperidine rings is 1. The third-order valence-electron chi connectivity index (χ3n) is 7.83. The Morgan fingerprint density at radius 2 is 1.88 bits per heavy atom. The van der Waals surface area contributed by atoms with Crippen molar-refractivity contribution >= 4 is 11.9 Å². The van der Waals surface area contributed by atoms with Crippen molar-refractivity contribution in [1.82, 2.24) is 4.90 Å². The second-order valence-corrected chi connectivity index (χ2v) is 10.1. The molecule has 2 heterocycles. The summed E-state index contributed by atoms with van der Waals surface area (Å²) in [6.07, 6.45) is 5.80. The normalized spacial score (nSPS) is 29.8. The van der Waals surface area contributed by atoms with Gasteiger partial charge >= 0.3 is 5.97 Å². The molecule has 0 aromatic heterocycles. The van der Waals surface area contributed by atoms with Crippen LogP contribution in [0.4, 0.5) is 0 Å². The Kier molecular flexibility index (Phi) is 6.24. The lowest BCUT2D eigenvalue weighted by Gasteiger charge is -2.45. The molecular weight excluding hydrogens is 414 g/mol. The fourth-order valence-electron chi connectivity index (χ4n) is 6.03. The van der Waals surface area contributed by atoms with E-state index < -0.39 is 0 Å². The Balaban J connectivity index is 1.40. The van der Waals surface area contributed by atoms with Gasteiger partial charge in [-0.3, -0.25) is 4.79 Å². The zero-order chi connectivity index (χ0) is 22.9. The number of carbonyl (C=O) groups excluding carboxylic acids is 2. The molecule has 33 heavy (non-hydrogen) atoms. The maximum Gasteiger partial charge on any atom is 0.339 e. The first-order valence-corrected chi connectivity index (χ1v) is 12.4. The number of benzene rings is 2. The minimum absolute atomic E-state index is 0.0168. The first kappa shape index (κ1) is 22.1. The van der Waals surface area contributed by atoms with E-state index in [1.54, 1.807) is 12.1 Å². The number of carbonyl (C=O) groups is 2. The maximum atomic E-state index is 13.7. The summed E-state index contributed by atoms with van der Waals surface area (Å²) in [5, 5.41) is 10.7. The maximum absolute atomic E-state index is 13.7. The molecule has 5 nitrogen and oxygen atoms in total. The van der Waals surface area contributed by atoms with Crippen molar-refractivity contribution in [3.63, 3.8) is 0 Å². The fourth-order valence-corrected chi connectivity index (χ4v) is 6.03. The molecule has 2 fully saturated rings. The summed E-state index contributed by atoms with van der Waals surface area (Å²) in [6.45, 7) is 2.98. The number of amides is 1. The molecule has 1 aliphatic carbocycles. The van der Waals surface area contributed by atoms with Crippen LogP contribution in [0.15, 0.2) is 48.5 Å². The van der Waals surface area contributed by atoms with E-state index in [9.17, 15) is 14.7 Å². The number of nitrogens with zero attached hydrogens (tertiary/aromatic N) is 1. The predicted octanol–water partition coefficient (Wildman–Crippen LogP) is 4.93. The Labute approximate surface area is 195 Å². The second-order valence-electron chi connectivity index (χ2n) is 10.1. The van der Waals surface area contributed by atoms with Crippen molar-refractivity contribution in [2.45, 2.75) is 70.1 Å². The molecule has 1 amide bonds. The number of cyclic esters (lactones) is 1. The Bertz CT molecular complexity index is 1020. The predicted molar refractivity (Wildman–Crippen MR) is 126 cm³/mol. The number of ether oxygens (including phenoxy) is 1. The minimum atomic E-state index is -0.335. The third kappa shape index (κ3) is 4.43. The van der Waals surface area contributed by atoms with E-state index in [1.165, 1.54) is 0 Å². The number of hydrogen-bond acceptors (Lipinski definition) is 4. The average molecular weight is 448 g/mol. The Hall–Kier alpha value is -2.66. The molecule has 1 saturated carbocycles. The first-order chi connectivity index (χ1) is 16.0. The number of likely N-dealkylation sites (tertiary alicyclic amines) is 1. The Morgan fingerprint density at radius 3 is 2.70 bits per heavy atom. The standard InChI is InChI=1S/C28H33NO4/c1-18-10-13-25(30)23(15-18)24-9-5-6-14-29(24)27(31)20-11-12-22-21(16-20)17-26(33-28(22)32)19-7-3-2-4-8-19/h2-4,7-8,11-12,16,18,23-26,30H,5-6,9-10,13-15,17H2,1H3. The van der Waals surface area contributed by atoms with Gasteiger partial charge in [-0.2, -0.15) is 0 Å². The number of fused-ring (bicyclic) bond motifs is 1. The van der Waals surface area contributed by atoms with Gasteiger partial charge in [-0.25, -0.2) is 4.79 Å². The molecule has 2 aromatic carbocycles. The molecule has 0 radical (unpaired) electrons. The first-order valence-electron chi connectivity index (χ1n) is 12.4. The second kappa shape index (κ2) is 9.30. The number of esters is 1. The van der Waals surface area contributed by atoms with E-state index in [-0.39, 0.29) is 36.0 Å². The smallest absolute Gasteiger partial charge is 0.339 e. The quantitative estimate of drug-likeness (QED) is 0.678. The summed E-state index contributed by atoms with van der Waals surface area (Å²) in [4.78, 5) is 28.3. The van der Waals surface area contributed by atoms with Gasteiger partial charge in [0.1, 0.15) is 6.10 Å². The summed E-state index contributed by atoms with van der Waals surface area (Å²) >= 11 is 0. The molecule has 1 saturated heterocycles. The van der Waals surface area contributed by atoms with Gasteiger partial charge < -0.3 is 14.7 Å². The van der Waals surface area contributed by atoms with Crippen LogP contribution >= 0.6 is 0 Å². The van der Waals surface area contributed by atoms with Crippen molar-refractivity contribution in [3.8, 4) is 0 Å². The van der Waals surface area contributed by atoms with Crippen LogP contribution in [-0.2, 0) is 11.2 Å². The van der Waals surface area contributed by atoms with Crippen molar-refractivity contribution in [2.75, 3.05) is 6.54 Å². The summed E-state index contributed by atoms with van der Waals surface area (Å²) in [5.74, 6) is 0.414.